The molecule has 0 bridgehead atoms. The quantitative estimate of drug-likeness (QED) is 0.599. The molecule has 0 aliphatic heterocycles. The van der Waals surface area contributed by atoms with Gasteiger partial charge in [-0.25, -0.2) is 0 Å². The highest BCUT2D eigenvalue weighted by Gasteiger charge is 2.14. The highest BCUT2D eigenvalue weighted by molar-refractivity contribution is 6.10. The molecule has 0 heterocycles. The average Bonchev–Trinajstić information content (AvgIpc) is 2.72. The second-order valence-corrected chi connectivity index (χ2v) is 5.96. The predicted molar refractivity (Wildman–Crippen MR) is 101 cm³/mol. The molecule has 0 spiro atoms. The van der Waals surface area contributed by atoms with Gasteiger partial charge in [0.25, 0.3) is 0 Å². The standard InChI is InChI=1S/C22H20O5/c23-17(14-26-18-9-5-2-6-10-18)15-27-19-11-12-20(21(24)13-19)22(25)16-7-3-1-4-8-16/h1-13,17,23-24H,14-15H2. The van der Waals surface area contributed by atoms with Gasteiger partial charge in [0, 0.05) is 11.6 Å². The van der Waals surface area contributed by atoms with Crippen LogP contribution in [0.4, 0.5) is 0 Å². The number of hydrogen-bond donors (Lipinski definition) is 2. The number of ketones is 1. The van der Waals surface area contributed by atoms with Crippen LogP contribution in [0.2, 0.25) is 0 Å². The van der Waals surface area contributed by atoms with E-state index in [4.69, 9.17) is 9.47 Å². The lowest BCUT2D eigenvalue weighted by Crippen LogP contribution is -2.25. The van der Waals surface area contributed by atoms with E-state index < -0.39 is 6.10 Å². The largest absolute Gasteiger partial charge is 0.507 e. The minimum absolute atomic E-state index is 0.00173. The maximum absolute atomic E-state index is 12.4. The van der Waals surface area contributed by atoms with Crippen molar-refractivity contribution in [1.29, 1.82) is 0 Å². The van der Waals surface area contributed by atoms with E-state index in [1.807, 2.05) is 24.3 Å². The van der Waals surface area contributed by atoms with Crippen molar-refractivity contribution in [3.8, 4) is 17.2 Å². The maximum atomic E-state index is 12.4. The molecule has 3 aromatic rings. The summed E-state index contributed by atoms with van der Waals surface area (Å²) in [5.74, 6) is 0.584. The molecule has 0 saturated carbocycles. The van der Waals surface area contributed by atoms with Crippen molar-refractivity contribution in [3.63, 3.8) is 0 Å². The van der Waals surface area contributed by atoms with E-state index in [1.54, 1.807) is 42.5 Å². The first-order valence-corrected chi connectivity index (χ1v) is 8.55. The van der Waals surface area contributed by atoms with E-state index in [9.17, 15) is 15.0 Å². The Morgan fingerprint density at radius 3 is 2.04 bits per heavy atom. The highest BCUT2D eigenvalue weighted by atomic mass is 16.5. The van der Waals surface area contributed by atoms with Crippen LogP contribution in [0.15, 0.2) is 78.9 Å². The Labute approximate surface area is 157 Å². The minimum Gasteiger partial charge on any atom is -0.507 e. The molecule has 1 unspecified atom stereocenters. The fraction of sp³-hybridized carbons (Fsp3) is 0.136. The predicted octanol–water partition coefficient (Wildman–Crippen LogP) is 3.44. The third-order valence-corrected chi connectivity index (χ3v) is 3.88. The Hall–Kier alpha value is -3.31. The molecule has 0 amide bonds. The summed E-state index contributed by atoms with van der Waals surface area (Å²) in [7, 11) is 0. The lowest BCUT2D eigenvalue weighted by Gasteiger charge is -2.14. The van der Waals surface area contributed by atoms with Crippen LogP contribution in [-0.2, 0) is 0 Å². The van der Waals surface area contributed by atoms with Crippen LogP contribution in [0.1, 0.15) is 15.9 Å². The molecule has 5 nitrogen and oxygen atoms in total. The smallest absolute Gasteiger partial charge is 0.196 e. The van der Waals surface area contributed by atoms with Gasteiger partial charge in [0.1, 0.15) is 36.6 Å². The molecule has 2 N–H and O–H groups in total. The number of rotatable bonds is 8. The number of aliphatic hydroxyl groups excluding tert-OH is 1. The molecule has 0 radical (unpaired) electrons. The first-order valence-electron chi connectivity index (χ1n) is 8.55. The molecule has 0 aromatic heterocycles. The molecule has 5 heteroatoms. The number of carbonyl (C=O) groups is 1. The molecule has 138 valence electrons. The van der Waals surface area contributed by atoms with Crippen LogP contribution < -0.4 is 9.47 Å². The zero-order valence-electron chi connectivity index (χ0n) is 14.6. The maximum Gasteiger partial charge on any atom is 0.196 e. The summed E-state index contributed by atoms with van der Waals surface area (Å²) in [4.78, 5) is 12.4. The number of phenols is 1. The van der Waals surface area contributed by atoms with Crippen LogP contribution in [0, 0.1) is 0 Å². The van der Waals surface area contributed by atoms with Crippen LogP contribution >= 0.6 is 0 Å². The third-order valence-electron chi connectivity index (χ3n) is 3.88. The Morgan fingerprint density at radius 2 is 1.41 bits per heavy atom. The number of aromatic hydroxyl groups is 1. The number of carbonyl (C=O) groups excluding carboxylic acids is 1. The molecular formula is C22H20O5. The first kappa shape index (κ1) is 18.5. The summed E-state index contributed by atoms with van der Waals surface area (Å²) in [6.45, 7) is 0.0822. The van der Waals surface area contributed by atoms with Crippen molar-refractivity contribution in [2.24, 2.45) is 0 Å². The lowest BCUT2D eigenvalue weighted by atomic mass is 10.0. The molecule has 3 aromatic carbocycles. The first-order chi connectivity index (χ1) is 13.1. The van der Waals surface area contributed by atoms with E-state index in [-0.39, 0.29) is 30.3 Å². The van der Waals surface area contributed by atoms with Gasteiger partial charge in [-0.1, -0.05) is 48.5 Å². The van der Waals surface area contributed by atoms with Crippen molar-refractivity contribution in [2.45, 2.75) is 6.10 Å². The number of para-hydroxylation sites is 1. The molecule has 0 fully saturated rings. The van der Waals surface area contributed by atoms with Crippen LogP contribution in [0.5, 0.6) is 17.2 Å². The minimum atomic E-state index is -0.835. The molecule has 1 atom stereocenters. The van der Waals surface area contributed by atoms with Gasteiger partial charge in [-0.15, -0.1) is 0 Å². The average molecular weight is 364 g/mol. The summed E-state index contributed by atoms with van der Waals surface area (Å²) < 4.78 is 10.9. The fourth-order valence-corrected chi connectivity index (χ4v) is 2.49. The lowest BCUT2D eigenvalue weighted by molar-refractivity contribution is 0.0625. The Kier molecular flexibility index (Phi) is 6.07. The van der Waals surface area contributed by atoms with Gasteiger partial charge in [-0.2, -0.15) is 0 Å². The Bertz CT molecular complexity index is 878. The number of ether oxygens (including phenoxy) is 2. The Morgan fingerprint density at radius 1 is 0.815 bits per heavy atom. The summed E-state index contributed by atoms with van der Waals surface area (Å²) in [5, 5.41) is 20.1. The van der Waals surface area contributed by atoms with E-state index in [2.05, 4.69) is 0 Å². The molecular weight excluding hydrogens is 344 g/mol. The zero-order chi connectivity index (χ0) is 19.1. The SMILES string of the molecule is O=C(c1ccccc1)c1ccc(OCC(O)COc2ccccc2)cc1O. The van der Waals surface area contributed by atoms with Crippen LogP contribution in [0.3, 0.4) is 0 Å². The molecule has 0 aliphatic rings. The number of benzene rings is 3. The summed E-state index contributed by atoms with van der Waals surface area (Å²) in [6.07, 6.45) is -0.835. The summed E-state index contributed by atoms with van der Waals surface area (Å²) >= 11 is 0. The van der Waals surface area contributed by atoms with Crippen molar-refractivity contribution in [2.75, 3.05) is 13.2 Å². The Balaban J connectivity index is 1.55. The molecule has 0 saturated heterocycles. The molecule has 27 heavy (non-hydrogen) atoms. The van der Waals surface area contributed by atoms with Gasteiger partial charge in [0.05, 0.1) is 5.56 Å². The van der Waals surface area contributed by atoms with Gasteiger partial charge in [-0.3, -0.25) is 4.79 Å². The van der Waals surface area contributed by atoms with E-state index in [0.717, 1.165) is 0 Å². The van der Waals surface area contributed by atoms with E-state index >= 15 is 0 Å². The van der Waals surface area contributed by atoms with E-state index in [1.165, 1.54) is 12.1 Å². The fourth-order valence-electron chi connectivity index (χ4n) is 2.49. The van der Waals surface area contributed by atoms with E-state index in [0.29, 0.717) is 17.1 Å². The van der Waals surface area contributed by atoms with Crippen molar-refractivity contribution >= 4 is 5.78 Å². The van der Waals surface area contributed by atoms with Crippen LogP contribution in [0.25, 0.3) is 0 Å². The molecule has 3 rings (SSSR count). The summed E-state index contributed by atoms with van der Waals surface area (Å²) in [6, 6.07) is 22.4. The zero-order valence-corrected chi connectivity index (χ0v) is 14.6. The van der Waals surface area contributed by atoms with Crippen molar-refractivity contribution < 1.29 is 24.5 Å². The van der Waals surface area contributed by atoms with Crippen LogP contribution in [-0.4, -0.2) is 35.3 Å². The normalized spacial score (nSPS) is 11.6. The van der Waals surface area contributed by atoms with Gasteiger partial charge in [0.2, 0.25) is 0 Å². The third kappa shape index (κ3) is 5.09. The monoisotopic (exact) mass is 364 g/mol. The van der Waals surface area contributed by atoms with Gasteiger partial charge < -0.3 is 19.7 Å². The number of aliphatic hydroxyl groups is 1. The van der Waals surface area contributed by atoms with Crippen molar-refractivity contribution in [3.05, 3.63) is 90.0 Å². The number of hydrogen-bond acceptors (Lipinski definition) is 5. The van der Waals surface area contributed by atoms with Gasteiger partial charge in [-0.05, 0) is 24.3 Å². The molecule has 0 aliphatic carbocycles. The highest BCUT2D eigenvalue weighted by Crippen LogP contribution is 2.26. The van der Waals surface area contributed by atoms with Gasteiger partial charge in [0.15, 0.2) is 5.78 Å². The summed E-state index contributed by atoms with van der Waals surface area (Å²) in [5.41, 5.74) is 0.691. The van der Waals surface area contributed by atoms with Gasteiger partial charge >= 0.3 is 0 Å². The van der Waals surface area contributed by atoms with Crippen molar-refractivity contribution in [1.82, 2.24) is 0 Å². The second-order valence-electron chi connectivity index (χ2n) is 5.96. The number of phenolic OH excluding ortho intramolecular Hbond substituents is 1. The second kappa shape index (κ2) is 8.87. The topological polar surface area (TPSA) is 76.0 Å².